The predicted octanol–water partition coefficient (Wildman–Crippen LogP) is 3.58. The van der Waals surface area contributed by atoms with Gasteiger partial charge in [-0.25, -0.2) is 15.0 Å². The van der Waals surface area contributed by atoms with Gasteiger partial charge in [-0.15, -0.1) is 11.3 Å². The molecule has 142 valence electrons. The molecule has 1 aliphatic rings. The van der Waals surface area contributed by atoms with E-state index in [-0.39, 0.29) is 5.91 Å². The molecule has 0 radical (unpaired) electrons. The molecule has 1 fully saturated rings. The number of amides is 1. The van der Waals surface area contributed by atoms with Gasteiger partial charge in [-0.05, 0) is 24.3 Å². The van der Waals surface area contributed by atoms with E-state index in [1.54, 1.807) is 28.9 Å². The highest BCUT2D eigenvalue weighted by Crippen LogP contribution is 2.28. The van der Waals surface area contributed by atoms with Crippen LogP contribution in [0.4, 0.5) is 5.13 Å². The van der Waals surface area contributed by atoms with E-state index >= 15 is 0 Å². The van der Waals surface area contributed by atoms with Gasteiger partial charge in [-0.1, -0.05) is 23.5 Å². The van der Waals surface area contributed by atoms with Crippen molar-refractivity contribution in [1.29, 1.82) is 0 Å². The van der Waals surface area contributed by atoms with Crippen LogP contribution in [0.3, 0.4) is 0 Å². The molecule has 1 aromatic carbocycles. The second kappa shape index (κ2) is 7.44. The number of aryl methyl sites for hydroxylation is 1. The number of piperazine rings is 1. The summed E-state index contributed by atoms with van der Waals surface area (Å²) in [5, 5.41) is 2.03. The molecule has 0 aliphatic carbocycles. The second-order valence-corrected chi connectivity index (χ2v) is 8.84. The highest BCUT2D eigenvalue weighted by molar-refractivity contribution is 7.21. The minimum Gasteiger partial charge on any atom is -0.344 e. The van der Waals surface area contributed by atoms with Gasteiger partial charge in [0.15, 0.2) is 5.13 Å². The van der Waals surface area contributed by atoms with Crippen LogP contribution in [0.1, 0.15) is 11.4 Å². The van der Waals surface area contributed by atoms with E-state index in [2.05, 4.69) is 25.9 Å². The summed E-state index contributed by atoms with van der Waals surface area (Å²) in [4.78, 5) is 31.5. The third kappa shape index (κ3) is 3.45. The summed E-state index contributed by atoms with van der Waals surface area (Å²) < 4.78 is 1.18. The fourth-order valence-electron chi connectivity index (χ4n) is 3.44. The molecule has 4 heterocycles. The van der Waals surface area contributed by atoms with Gasteiger partial charge < -0.3 is 9.80 Å². The number of nitrogens with zero attached hydrogens (tertiary/aromatic N) is 5. The molecule has 8 heteroatoms. The van der Waals surface area contributed by atoms with E-state index in [4.69, 9.17) is 0 Å². The van der Waals surface area contributed by atoms with Gasteiger partial charge >= 0.3 is 0 Å². The summed E-state index contributed by atoms with van der Waals surface area (Å²) in [6.07, 6.45) is 3.03. The van der Waals surface area contributed by atoms with Crippen LogP contribution >= 0.6 is 22.7 Å². The van der Waals surface area contributed by atoms with Crippen molar-refractivity contribution in [3.05, 3.63) is 47.6 Å². The lowest BCUT2D eigenvalue weighted by atomic mass is 10.2. The summed E-state index contributed by atoms with van der Waals surface area (Å²) >= 11 is 3.30. The maximum atomic E-state index is 12.6. The summed E-state index contributed by atoms with van der Waals surface area (Å²) in [7, 11) is 0. The number of carbonyl (C=O) groups excluding carboxylic acids is 1. The van der Waals surface area contributed by atoms with Gasteiger partial charge in [-0.3, -0.25) is 4.79 Å². The molecule has 0 unspecified atom stereocenters. The second-order valence-electron chi connectivity index (χ2n) is 6.77. The fourth-order valence-corrected chi connectivity index (χ4v) is 5.37. The zero-order valence-corrected chi connectivity index (χ0v) is 16.9. The summed E-state index contributed by atoms with van der Waals surface area (Å²) in [5.41, 5.74) is 1.96. The molecule has 0 atom stereocenters. The largest absolute Gasteiger partial charge is 0.344 e. The third-order valence-electron chi connectivity index (χ3n) is 4.95. The number of benzene rings is 1. The Morgan fingerprint density at radius 1 is 0.964 bits per heavy atom. The first-order chi connectivity index (χ1) is 13.8. The molecule has 4 aromatic rings. The molecule has 0 saturated carbocycles. The average Bonchev–Trinajstić information content (AvgIpc) is 3.35. The van der Waals surface area contributed by atoms with Crippen molar-refractivity contribution >= 4 is 54.3 Å². The number of rotatable bonds is 4. The van der Waals surface area contributed by atoms with Crippen LogP contribution in [0.2, 0.25) is 0 Å². The molecular formula is C20H19N5OS2. The number of fused-ring (bicyclic) bond motifs is 2. The fraction of sp³-hybridized carbons (Fsp3) is 0.300. The molecule has 1 amide bonds. The third-order valence-corrected chi connectivity index (χ3v) is 7.09. The Hall–Kier alpha value is -2.58. The van der Waals surface area contributed by atoms with Crippen LogP contribution in [0.15, 0.2) is 42.6 Å². The molecule has 28 heavy (non-hydrogen) atoms. The first kappa shape index (κ1) is 17.5. The topological polar surface area (TPSA) is 62.2 Å². The molecule has 5 rings (SSSR count). The van der Waals surface area contributed by atoms with Crippen molar-refractivity contribution < 1.29 is 4.79 Å². The number of thiazole rings is 2. The standard InChI is InChI=1S/C20H19N5OS2/c26-18(8-7-17-22-14-4-1-2-6-16(14)27-17)24-10-12-25(13-11-24)20-23-15-5-3-9-21-19(15)28-20/h1-6,9H,7-8,10-13H2. The first-order valence-electron chi connectivity index (χ1n) is 9.35. The molecule has 0 N–H and O–H groups in total. The van der Waals surface area contributed by atoms with Gasteiger partial charge in [0.1, 0.15) is 10.3 Å². The van der Waals surface area contributed by atoms with E-state index in [9.17, 15) is 4.79 Å². The van der Waals surface area contributed by atoms with E-state index in [0.29, 0.717) is 12.8 Å². The summed E-state index contributed by atoms with van der Waals surface area (Å²) in [5.74, 6) is 0.213. The average molecular weight is 410 g/mol. The number of aromatic nitrogens is 3. The Kier molecular flexibility index (Phi) is 4.66. The Morgan fingerprint density at radius 3 is 2.61 bits per heavy atom. The van der Waals surface area contributed by atoms with Gasteiger partial charge in [0, 0.05) is 45.2 Å². The number of hydrogen-bond acceptors (Lipinski definition) is 7. The number of anilines is 1. The first-order valence-corrected chi connectivity index (χ1v) is 11.0. The van der Waals surface area contributed by atoms with Crippen LogP contribution in [0, 0.1) is 0 Å². The number of hydrogen-bond donors (Lipinski definition) is 0. The number of carbonyl (C=O) groups is 1. The zero-order chi connectivity index (χ0) is 18.9. The normalized spacial score (nSPS) is 14.9. The van der Waals surface area contributed by atoms with Crippen molar-refractivity contribution in [1.82, 2.24) is 19.9 Å². The lowest BCUT2D eigenvalue weighted by Crippen LogP contribution is -2.48. The Labute approximate surface area is 170 Å². The Balaban J connectivity index is 1.17. The highest BCUT2D eigenvalue weighted by atomic mass is 32.1. The van der Waals surface area contributed by atoms with E-state index in [1.807, 2.05) is 35.2 Å². The lowest BCUT2D eigenvalue weighted by Gasteiger charge is -2.34. The van der Waals surface area contributed by atoms with E-state index < -0.39 is 0 Å². The molecular weight excluding hydrogens is 390 g/mol. The molecule has 0 bridgehead atoms. The number of para-hydroxylation sites is 1. The van der Waals surface area contributed by atoms with E-state index in [1.165, 1.54) is 4.70 Å². The minimum atomic E-state index is 0.213. The minimum absolute atomic E-state index is 0.213. The quantitative estimate of drug-likeness (QED) is 0.516. The number of pyridine rings is 1. The summed E-state index contributed by atoms with van der Waals surface area (Å²) in [6, 6.07) is 12.0. The molecule has 6 nitrogen and oxygen atoms in total. The van der Waals surface area contributed by atoms with Crippen molar-refractivity contribution in [3.63, 3.8) is 0 Å². The molecule has 0 spiro atoms. The van der Waals surface area contributed by atoms with Crippen LogP contribution < -0.4 is 4.90 Å². The van der Waals surface area contributed by atoms with Gasteiger partial charge in [-0.2, -0.15) is 0 Å². The predicted molar refractivity (Wildman–Crippen MR) is 114 cm³/mol. The van der Waals surface area contributed by atoms with Crippen molar-refractivity contribution in [2.45, 2.75) is 12.8 Å². The zero-order valence-electron chi connectivity index (χ0n) is 15.2. The summed E-state index contributed by atoms with van der Waals surface area (Å²) in [6.45, 7) is 3.10. The SMILES string of the molecule is O=C(CCc1nc2ccccc2s1)N1CCN(c2nc3cccnc3s2)CC1. The maximum absolute atomic E-state index is 12.6. The van der Waals surface area contributed by atoms with Crippen LogP contribution in [0.5, 0.6) is 0 Å². The van der Waals surface area contributed by atoms with Crippen LogP contribution in [-0.2, 0) is 11.2 Å². The Morgan fingerprint density at radius 2 is 1.79 bits per heavy atom. The monoisotopic (exact) mass is 409 g/mol. The van der Waals surface area contributed by atoms with Crippen molar-refractivity contribution in [3.8, 4) is 0 Å². The van der Waals surface area contributed by atoms with Gasteiger partial charge in [0.05, 0.1) is 15.2 Å². The van der Waals surface area contributed by atoms with E-state index in [0.717, 1.165) is 52.2 Å². The van der Waals surface area contributed by atoms with Crippen molar-refractivity contribution in [2.75, 3.05) is 31.1 Å². The van der Waals surface area contributed by atoms with Gasteiger partial charge in [0.25, 0.3) is 0 Å². The lowest BCUT2D eigenvalue weighted by molar-refractivity contribution is -0.131. The molecule has 1 aliphatic heterocycles. The molecule has 1 saturated heterocycles. The van der Waals surface area contributed by atoms with Crippen LogP contribution in [-0.4, -0.2) is 51.9 Å². The van der Waals surface area contributed by atoms with Crippen LogP contribution in [0.25, 0.3) is 20.6 Å². The maximum Gasteiger partial charge on any atom is 0.223 e. The molecule has 3 aromatic heterocycles. The smallest absolute Gasteiger partial charge is 0.223 e. The van der Waals surface area contributed by atoms with Crippen molar-refractivity contribution in [2.24, 2.45) is 0 Å². The van der Waals surface area contributed by atoms with Gasteiger partial charge in [0.2, 0.25) is 5.91 Å². The Bertz CT molecular complexity index is 1060. The highest BCUT2D eigenvalue weighted by Gasteiger charge is 2.23.